The van der Waals surface area contributed by atoms with Crippen LogP contribution in [-0.2, 0) is 9.53 Å². The Balaban J connectivity index is 1.71. The molecule has 0 unspecified atom stereocenters. The summed E-state index contributed by atoms with van der Waals surface area (Å²) in [6, 6.07) is 9.94. The number of rotatable bonds is 7. The second kappa shape index (κ2) is 11.0. The van der Waals surface area contributed by atoms with E-state index in [1.807, 2.05) is 19.1 Å². The Bertz CT molecular complexity index is 1900. The van der Waals surface area contributed by atoms with Crippen LogP contribution in [0, 0.1) is 41.0 Å². The monoisotopic (exact) mass is 582 g/mol. The number of anilines is 1. The average molecular weight is 583 g/mol. The molecule has 3 heterocycles. The number of nitrogen functional groups attached to an aromatic ring is 1. The molecule has 2 N–H and O–H groups in total. The van der Waals surface area contributed by atoms with Crippen LogP contribution in [0.1, 0.15) is 24.5 Å². The van der Waals surface area contributed by atoms with Crippen molar-refractivity contribution in [2.24, 2.45) is 0 Å². The molecule has 42 heavy (non-hydrogen) atoms. The maximum atomic E-state index is 14.7. The lowest BCUT2D eigenvalue weighted by Crippen LogP contribution is -2.55. The quantitative estimate of drug-likeness (QED) is 0.245. The number of aromatic nitrogens is 2. The van der Waals surface area contributed by atoms with Gasteiger partial charge in [-0.3, -0.25) is 4.79 Å². The third-order valence-corrected chi connectivity index (χ3v) is 8.35. The van der Waals surface area contributed by atoms with Gasteiger partial charge in [-0.2, -0.15) is 20.5 Å². The lowest BCUT2D eigenvalue weighted by atomic mass is 9.94. The molecular formula is C30H23FN6O4S. The fourth-order valence-electron chi connectivity index (χ4n) is 5.40. The van der Waals surface area contributed by atoms with Gasteiger partial charge in [-0.15, -0.1) is 11.3 Å². The molecule has 1 aliphatic rings. The zero-order valence-electron chi connectivity index (χ0n) is 22.6. The normalized spacial score (nSPS) is 17.9. The van der Waals surface area contributed by atoms with E-state index in [0.29, 0.717) is 40.4 Å². The van der Waals surface area contributed by atoms with Crippen LogP contribution in [0.2, 0.25) is 0 Å². The Morgan fingerprint density at radius 2 is 2.12 bits per heavy atom. The molecule has 1 fully saturated rings. The van der Waals surface area contributed by atoms with E-state index >= 15 is 0 Å². The third-order valence-electron chi connectivity index (χ3n) is 7.33. The van der Waals surface area contributed by atoms with Gasteiger partial charge in [0.05, 0.1) is 39.4 Å². The smallest absolute Gasteiger partial charge is 0.334 e. The van der Waals surface area contributed by atoms with Gasteiger partial charge in [0.15, 0.2) is 0 Å². The summed E-state index contributed by atoms with van der Waals surface area (Å²) in [5, 5.41) is 20.8. The number of benzene rings is 2. The fraction of sp³-hybridized carbons (Fsp3) is 0.233. The van der Waals surface area contributed by atoms with Gasteiger partial charge < -0.3 is 24.8 Å². The van der Waals surface area contributed by atoms with Crippen LogP contribution >= 0.6 is 11.3 Å². The van der Waals surface area contributed by atoms with Crippen molar-refractivity contribution in [2.75, 3.05) is 26.0 Å². The molecule has 1 amide bonds. The molecule has 0 aliphatic carbocycles. The lowest BCUT2D eigenvalue weighted by molar-refractivity contribution is -0.133. The van der Waals surface area contributed by atoms with E-state index in [1.165, 1.54) is 25.3 Å². The third kappa shape index (κ3) is 4.51. The molecule has 5 rings (SSSR count). The van der Waals surface area contributed by atoms with Crippen LogP contribution < -0.4 is 15.2 Å². The van der Waals surface area contributed by atoms with E-state index in [0.717, 1.165) is 11.3 Å². The number of carbonyl (C=O) groups is 1. The highest BCUT2D eigenvalue weighted by Gasteiger charge is 2.49. The van der Waals surface area contributed by atoms with Gasteiger partial charge in [0.2, 0.25) is 11.8 Å². The van der Waals surface area contributed by atoms with Crippen LogP contribution in [0.3, 0.4) is 0 Å². The molecule has 2 aromatic heterocycles. The second-order valence-electron chi connectivity index (χ2n) is 9.69. The number of carbonyl (C=O) groups excluding carboxylic acids is 1. The summed E-state index contributed by atoms with van der Waals surface area (Å²) in [7, 11) is 1.53. The zero-order valence-corrected chi connectivity index (χ0v) is 23.4. The number of halogens is 1. The Kier molecular flexibility index (Phi) is 7.40. The second-order valence-corrected chi connectivity index (χ2v) is 10.7. The number of hydrogen-bond acceptors (Lipinski definition) is 10. The molecule has 0 radical (unpaired) electrons. The van der Waals surface area contributed by atoms with Crippen LogP contribution in [0.25, 0.3) is 32.1 Å². The van der Waals surface area contributed by atoms with Crippen molar-refractivity contribution in [3.63, 3.8) is 0 Å². The van der Waals surface area contributed by atoms with E-state index < -0.39 is 17.5 Å². The molecule has 210 valence electrons. The van der Waals surface area contributed by atoms with E-state index in [9.17, 15) is 19.7 Å². The molecular weight excluding hydrogens is 559 g/mol. The van der Waals surface area contributed by atoms with E-state index in [4.69, 9.17) is 26.4 Å². The lowest BCUT2D eigenvalue weighted by Gasteiger charge is -2.37. The molecule has 4 aromatic rings. The van der Waals surface area contributed by atoms with Gasteiger partial charge in [0, 0.05) is 31.0 Å². The van der Waals surface area contributed by atoms with Gasteiger partial charge in [-0.25, -0.2) is 4.39 Å². The van der Waals surface area contributed by atoms with Crippen molar-refractivity contribution in [3.05, 3.63) is 53.9 Å². The maximum absolute atomic E-state index is 14.7. The number of ether oxygens (including phenoxy) is 3. The highest BCUT2D eigenvalue weighted by molar-refractivity contribution is 7.23. The first-order chi connectivity index (χ1) is 20.2. The van der Waals surface area contributed by atoms with Gasteiger partial charge in [-0.05, 0) is 36.8 Å². The Labute approximate surface area is 244 Å². The van der Waals surface area contributed by atoms with Gasteiger partial charge >= 0.3 is 6.01 Å². The number of likely N-dealkylation sites (tertiary alicyclic amines) is 1. The van der Waals surface area contributed by atoms with Crippen LogP contribution in [0.5, 0.6) is 11.9 Å². The van der Waals surface area contributed by atoms with Gasteiger partial charge in [-0.1, -0.05) is 19.1 Å². The first-order valence-electron chi connectivity index (χ1n) is 12.6. The summed E-state index contributed by atoms with van der Waals surface area (Å²) < 4.78 is 32.0. The molecule has 0 bridgehead atoms. The molecule has 1 saturated heterocycles. The number of amides is 1. The van der Waals surface area contributed by atoms with Crippen LogP contribution in [-0.4, -0.2) is 52.7 Å². The van der Waals surface area contributed by atoms with Crippen LogP contribution in [0.15, 0.2) is 36.9 Å². The first kappa shape index (κ1) is 28.3. The standard InChI is InChI=1S/C30H23FN6O4S/c1-5-24(38)37-10-9-23(30(37,3)15-39-4)41-28-19-11-16(13-32)18(12-22(19)35-29(36-28)40-6-2)17-7-8-21(31)26-25(17)20(14-33)27(34)42-26/h2,5,7-8,11-12,23H,1,9-10,15,34H2,3-4H3/t23-,30-/m1/s1. The topological polar surface area (TPSA) is 147 Å². The number of thiophene rings is 1. The van der Waals surface area contributed by atoms with Gasteiger partial charge in [0.1, 0.15) is 34.6 Å². The Hall–Kier alpha value is -5.22. The largest absolute Gasteiger partial charge is 0.471 e. The molecule has 12 heteroatoms. The number of fused-ring (bicyclic) bond motifs is 2. The fourth-order valence-corrected chi connectivity index (χ4v) is 6.35. The average Bonchev–Trinajstić information content (AvgIpc) is 3.48. The molecule has 0 saturated carbocycles. The van der Waals surface area contributed by atoms with Crippen molar-refractivity contribution in [2.45, 2.75) is 25.0 Å². The van der Waals surface area contributed by atoms with Crippen LogP contribution in [0.4, 0.5) is 9.39 Å². The number of hydrogen-bond donors (Lipinski definition) is 1. The van der Waals surface area contributed by atoms with Crippen molar-refractivity contribution in [3.8, 4) is 47.7 Å². The minimum absolute atomic E-state index is 0.0790. The number of nitrogens with zero attached hydrogens (tertiary/aromatic N) is 5. The number of methoxy groups -OCH3 is 1. The SMILES string of the molecule is C#COc1nc(O[C@@H]2CCN(C(=O)C=C)[C@]2(C)COC)c2cc(C#N)c(-c3ccc(F)c4sc(N)c(C#N)c34)cc2n1. The minimum atomic E-state index is -0.866. The molecule has 10 nitrogen and oxygen atoms in total. The van der Waals surface area contributed by atoms with Crippen molar-refractivity contribution >= 4 is 43.2 Å². The first-order valence-corrected chi connectivity index (χ1v) is 13.4. The Morgan fingerprint density at radius 1 is 1.33 bits per heavy atom. The van der Waals surface area contributed by atoms with E-state index in [-0.39, 0.29) is 45.2 Å². The molecule has 0 spiro atoms. The maximum Gasteiger partial charge on any atom is 0.334 e. The molecule has 2 aromatic carbocycles. The summed E-state index contributed by atoms with van der Waals surface area (Å²) >= 11 is 0.958. The van der Waals surface area contributed by atoms with Crippen molar-refractivity contribution < 1.29 is 23.4 Å². The van der Waals surface area contributed by atoms with Gasteiger partial charge in [0.25, 0.3) is 0 Å². The van der Waals surface area contributed by atoms with Crippen molar-refractivity contribution in [1.29, 1.82) is 10.5 Å². The highest BCUT2D eigenvalue weighted by Crippen LogP contribution is 2.43. The van der Waals surface area contributed by atoms with E-state index in [1.54, 1.807) is 17.0 Å². The summed E-state index contributed by atoms with van der Waals surface area (Å²) in [4.78, 5) is 23.0. The summed E-state index contributed by atoms with van der Waals surface area (Å²) in [6.07, 6.45) is 8.54. The Morgan fingerprint density at radius 3 is 2.79 bits per heavy atom. The highest BCUT2D eigenvalue weighted by atomic mass is 32.1. The predicted octanol–water partition coefficient (Wildman–Crippen LogP) is 4.52. The summed E-state index contributed by atoms with van der Waals surface area (Å²) in [5.41, 5.74) is 6.59. The summed E-state index contributed by atoms with van der Waals surface area (Å²) in [6.45, 7) is 6.01. The number of nitriles is 2. The van der Waals surface area contributed by atoms with Crippen molar-refractivity contribution in [1.82, 2.24) is 14.9 Å². The molecule has 1 aliphatic heterocycles. The zero-order chi connectivity index (χ0) is 30.2. The summed E-state index contributed by atoms with van der Waals surface area (Å²) in [5.74, 6) is -0.721. The minimum Gasteiger partial charge on any atom is -0.471 e. The number of terminal acetylenes is 1. The molecule has 2 atom stereocenters. The number of nitrogens with two attached hydrogens (primary N) is 1. The predicted molar refractivity (Wildman–Crippen MR) is 155 cm³/mol. The van der Waals surface area contributed by atoms with E-state index in [2.05, 4.69) is 22.6 Å².